The molecular formula is C12H14BClFNO4. The normalized spacial score (nSPS) is 20.2. The van der Waals surface area contributed by atoms with E-state index in [0.29, 0.717) is 0 Å². The SMILES string of the molecule is CC1(C)OB(c2c(F)ccc([N+](=O)[O-])c2Cl)OC1(C)C. The molecule has 0 N–H and O–H groups in total. The van der Waals surface area contributed by atoms with Crippen molar-refractivity contribution in [3.8, 4) is 0 Å². The molecule has 5 nitrogen and oxygen atoms in total. The molecule has 0 saturated carbocycles. The van der Waals surface area contributed by atoms with Gasteiger partial charge in [-0.05, 0) is 33.8 Å². The third-order valence-corrected chi connectivity index (χ3v) is 4.19. The fourth-order valence-corrected chi connectivity index (χ4v) is 2.19. The van der Waals surface area contributed by atoms with Crippen LogP contribution in [-0.2, 0) is 9.31 Å². The van der Waals surface area contributed by atoms with Crippen LogP contribution in [0.15, 0.2) is 12.1 Å². The van der Waals surface area contributed by atoms with Crippen LogP contribution in [0.5, 0.6) is 0 Å². The molecule has 108 valence electrons. The minimum Gasteiger partial charge on any atom is -0.399 e. The summed E-state index contributed by atoms with van der Waals surface area (Å²) in [4.78, 5) is 10.2. The largest absolute Gasteiger partial charge is 0.499 e. The van der Waals surface area contributed by atoms with E-state index in [1.165, 1.54) is 0 Å². The van der Waals surface area contributed by atoms with Crippen molar-refractivity contribution in [2.24, 2.45) is 0 Å². The topological polar surface area (TPSA) is 61.6 Å². The van der Waals surface area contributed by atoms with Gasteiger partial charge < -0.3 is 9.31 Å². The van der Waals surface area contributed by atoms with E-state index in [0.717, 1.165) is 12.1 Å². The number of rotatable bonds is 2. The highest BCUT2D eigenvalue weighted by Gasteiger charge is 2.53. The van der Waals surface area contributed by atoms with E-state index in [9.17, 15) is 14.5 Å². The summed E-state index contributed by atoms with van der Waals surface area (Å²) in [6.45, 7) is 7.21. The molecule has 1 heterocycles. The average Bonchev–Trinajstić information content (AvgIpc) is 2.47. The van der Waals surface area contributed by atoms with Gasteiger partial charge in [0.15, 0.2) is 0 Å². The Bertz CT molecular complexity index is 563. The fraction of sp³-hybridized carbons (Fsp3) is 0.500. The zero-order valence-electron chi connectivity index (χ0n) is 11.6. The molecule has 1 saturated heterocycles. The summed E-state index contributed by atoms with van der Waals surface area (Å²) >= 11 is 5.93. The highest BCUT2D eigenvalue weighted by molar-refractivity contribution is 6.66. The molecule has 8 heteroatoms. The van der Waals surface area contributed by atoms with Crippen LogP contribution in [0.2, 0.25) is 5.02 Å². The Morgan fingerprint density at radius 2 is 1.75 bits per heavy atom. The second-order valence-electron chi connectivity index (χ2n) is 5.64. The molecule has 0 amide bonds. The quantitative estimate of drug-likeness (QED) is 0.479. The molecule has 0 atom stereocenters. The van der Waals surface area contributed by atoms with Gasteiger partial charge in [-0.15, -0.1) is 0 Å². The average molecular weight is 302 g/mol. The second kappa shape index (κ2) is 4.68. The van der Waals surface area contributed by atoms with E-state index in [1.54, 1.807) is 27.7 Å². The van der Waals surface area contributed by atoms with Crippen molar-refractivity contribution < 1.29 is 18.6 Å². The molecule has 0 aliphatic carbocycles. The van der Waals surface area contributed by atoms with E-state index < -0.39 is 29.1 Å². The number of halogens is 2. The van der Waals surface area contributed by atoms with E-state index in [1.807, 2.05) is 0 Å². The minimum absolute atomic E-state index is 0.139. The number of hydrogen-bond donors (Lipinski definition) is 0. The van der Waals surface area contributed by atoms with Crippen molar-refractivity contribution >= 4 is 29.9 Å². The molecule has 1 aromatic carbocycles. The lowest BCUT2D eigenvalue weighted by Gasteiger charge is -2.32. The summed E-state index contributed by atoms with van der Waals surface area (Å²) in [6.07, 6.45) is 0. The van der Waals surface area contributed by atoms with E-state index in [-0.39, 0.29) is 16.2 Å². The van der Waals surface area contributed by atoms with E-state index in [2.05, 4.69) is 0 Å². The van der Waals surface area contributed by atoms with Gasteiger partial charge in [0.2, 0.25) is 0 Å². The molecule has 0 bridgehead atoms. The standard InChI is InChI=1S/C12H14BClFNO4/c1-11(2)12(3,4)20-13(19-11)9-7(15)5-6-8(10(9)14)16(17)18/h5-6H,1-4H3. The Balaban J connectivity index is 2.50. The predicted molar refractivity (Wildman–Crippen MR) is 73.8 cm³/mol. The van der Waals surface area contributed by atoms with Gasteiger partial charge in [-0.2, -0.15) is 0 Å². The third-order valence-electron chi connectivity index (χ3n) is 3.79. The smallest absolute Gasteiger partial charge is 0.399 e. The Labute approximate surface area is 121 Å². The molecule has 2 rings (SSSR count). The fourth-order valence-electron chi connectivity index (χ4n) is 1.88. The summed E-state index contributed by atoms with van der Waals surface area (Å²) in [5, 5.41) is 10.6. The van der Waals surface area contributed by atoms with Gasteiger partial charge in [-0.3, -0.25) is 10.1 Å². The van der Waals surface area contributed by atoms with Crippen molar-refractivity contribution in [2.45, 2.75) is 38.9 Å². The molecule has 1 aliphatic rings. The van der Waals surface area contributed by atoms with Crippen molar-refractivity contribution in [2.75, 3.05) is 0 Å². The van der Waals surface area contributed by atoms with Crippen LogP contribution in [-0.4, -0.2) is 23.2 Å². The van der Waals surface area contributed by atoms with Gasteiger partial charge >= 0.3 is 7.12 Å². The van der Waals surface area contributed by atoms with Crippen molar-refractivity contribution in [3.05, 3.63) is 33.1 Å². The van der Waals surface area contributed by atoms with Gasteiger partial charge in [0, 0.05) is 11.5 Å². The van der Waals surface area contributed by atoms with Gasteiger partial charge in [0.1, 0.15) is 10.8 Å². The van der Waals surface area contributed by atoms with Crippen LogP contribution in [0.1, 0.15) is 27.7 Å². The van der Waals surface area contributed by atoms with Gasteiger partial charge in [-0.25, -0.2) is 4.39 Å². The number of hydrogen-bond acceptors (Lipinski definition) is 4. The number of benzene rings is 1. The van der Waals surface area contributed by atoms with E-state index in [4.69, 9.17) is 20.9 Å². The van der Waals surface area contributed by atoms with Crippen LogP contribution >= 0.6 is 11.6 Å². The monoisotopic (exact) mass is 301 g/mol. The molecular weight excluding hydrogens is 287 g/mol. The summed E-state index contributed by atoms with van der Waals surface area (Å²) in [7, 11) is -1.08. The van der Waals surface area contributed by atoms with Gasteiger partial charge in [0.05, 0.1) is 16.1 Å². The molecule has 0 spiro atoms. The number of nitro benzene ring substituents is 1. The zero-order valence-corrected chi connectivity index (χ0v) is 12.3. The molecule has 1 aromatic rings. The number of nitro groups is 1. The van der Waals surface area contributed by atoms with Gasteiger partial charge in [0.25, 0.3) is 5.69 Å². The Morgan fingerprint density at radius 1 is 1.25 bits per heavy atom. The summed E-state index contributed by atoms with van der Waals surface area (Å²) in [6, 6.07) is 2.01. The lowest BCUT2D eigenvalue weighted by Crippen LogP contribution is -2.41. The summed E-state index contributed by atoms with van der Waals surface area (Å²) in [5.41, 5.74) is -1.88. The molecule has 1 aliphatic heterocycles. The lowest BCUT2D eigenvalue weighted by atomic mass is 9.78. The molecule has 20 heavy (non-hydrogen) atoms. The first kappa shape index (κ1) is 15.2. The maximum Gasteiger partial charge on any atom is 0.499 e. The zero-order chi connectivity index (χ0) is 15.3. The first-order valence-corrected chi connectivity index (χ1v) is 6.42. The van der Waals surface area contributed by atoms with Crippen molar-refractivity contribution in [1.82, 2.24) is 0 Å². The maximum atomic E-state index is 14.0. The molecule has 0 aromatic heterocycles. The van der Waals surface area contributed by atoms with E-state index >= 15 is 0 Å². The molecule has 1 fully saturated rings. The molecule has 0 unspecified atom stereocenters. The van der Waals surface area contributed by atoms with Crippen molar-refractivity contribution in [3.63, 3.8) is 0 Å². The lowest BCUT2D eigenvalue weighted by molar-refractivity contribution is -0.384. The van der Waals surface area contributed by atoms with Crippen LogP contribution in [0, 0.1) is 15.9 Å². The van der Waals surface area contributed by atoms with Crippen molar-refractivity contribution in [1.29, 1.82) is 0 Å². The Hall–Kier alpha value is -1.18. The highest BCUT2D eigenvalue weighted by Crippen LogP contribution is 2.38. The van der Waals surface area contributed by atoms with Gasteiger partial charge in [-0.1, -0.05) is 11.6 Å². The Kier molecular flexibility index (Phi) is 3.56. The van der Waals surface area contributed by atoms with Crippen LogP contribution in [0.3, 0.4) is 0 Å². The van der Waals surface area contributed by atoms with Crippen LogP contribution in [0.4, 0.5) is 10.1 Å². The minimum atomic E-state index is -1.08. The number of nitrogens with zero attached hydrogens (tertiary/aromatic N) is 1. The predicted octanol–water partition coefficient (Wildman–Crippen LogP) is 2.69. The van der Waals surface area contributed by atoms with Crippen LogP contribution < -0.4 is 5.46 Å². The first-order chi connectivity index (χ1) is 9.07. The summed E-state index contributed by atoms with van der Waals surface area (Å²) < 4.78 is 25.3. The third kappa shape index (κ3) is 2.30. The Morgan fingerprint density at radius 3 is 2.20 bits per heavy atom. The van der Waals surface area contributed by atoms with Crippen LogP contribution in [0.25, 0.3) is 0 Å². The first-order valence-electron chi connectivity index (χ1n) is 6.05. The highest BCUT2D eigenvalue weighted by atomic mass is 35.5. The summed E-state index contributed by atoms with van der Waals surface area (Å²) in [5.74, 6) is -0.695. The second-order valence-corrected chi connectivity index (χ2v) is 6.02. The maximum absolute atomic E-state index is 14.0. The molecule has 0 radical (unpaired) electrons.